The number of nitrogens with zero attached hydrogens (tertiary/aromatic N) is 3. The van der Waals surface area contributed by atoms with E-state index in [4.69, 9.17) is 4.98 Å². The molecule has 0 bridgehead atoms. The fraction of sp³-hybridized carbons (Fsp3) is 0.667. The molecule has 2 aliphatic rings. The summed E-state index contributed by atoms with van der Waals surface area (Å²) in [6.45, 7) is 11.0. The number of nitrogens with one attached hydrogen (secondary N) is 2. The minimum absolute atomic E-state index is 1.06. The molecule has 1 saturated heterocycles. The van der Waals surface area contributed by atoms with Gasteiger partial charge in [-0.25, -0.2) is 4.98 Å². The smallest absolute Gasteiger partial charge is 0.215 e. The second-order valence-corrected chi connectivity index (χ2v) is 8.18. The Morgan fingerprint density at radius 2 is 1.77 bits per heavy atom. The van der Waals surface area contributed by atoms with Crippen LogP contribution in [0, 0.1) is 0 Å². The van der Waals surface area contributed by atoms with E-state index >= 15 is 0 Å². The number of unbranched alkanes of at least 4 members (excludes halogenated alkanes) is 1. The lowest BCUT2D eigenvalue weighted by Gasteiger charge is -2.34. The van der Waals surface area contributed by atoms with E-state index in [0.717, 1.165) is 25.4 Å². The van der Waals surface area contributed by atoms with Gasteiger partial charge in [0.05, 0.1) is 37.2 Å². The van der Waals surface area contributed by atoms with Crippen molar-refractivity contribution >= 4 is 17.0 Å². The van der Waals surface area contributed by atoms with E-state index in [-0.39, 0.29) is 0 Å². The van der Waals surface area contributed by atoms with Crippen LogP contribution in [0.15, 0.2) is 24.3 Å². The Bertz CT molecular complexity index is 703. The maximum Gasteiger partial charge on any atom is 0.215 e. The molecular weight excluding hydrogens is 322 g/mol. The second kappa shape index (κ2) is 8.40. The minimum atomic E-state index is 1.06. The average Bonchev–Trinajstić information content (AvgIpc) is 3.06. The van der Waals surface area contributed by atoms with Crippen molar-refractivity contribution in [2.45, 2.75) is 52.1 Å². The molecule has 0 amide bonds. The number of rotatable bonds is 7. The maximum absolute atomic E-state index is 4.95. The molecule has 0 saturated carbocycles. The first kappa shape index (κ1) is 17.8. The van der Waals surface area contributed by atoms with Gasteiger partial charge in [0.15, 0.2) is 13.3 Å². The number of anilines is 1. The van der Waals surface area contributed by atoms with Crippen molar-refractivity contribution in [2.24, 2.45) is 0 Å². The van der Waals surface area contributed by atoms with Gasteiger partial charge in [0.2, 0.25) is 5.95 Å². The maximum atomic E-state index is 4.95. The molecule has 1 aromatic heterocycles. The molecule has 2 aliphatic heterocycles. The van der Waals surface area contributed by atoms with E-state index in [1.807, 2.05) is 4.90 Å². The van der Waals surface area contributed by atoms with E-state index in [2.05, 4.69) is 40.7 Å². The van der Waals surface area contributed by atoms with Gasteiger partial charge in [0, 0.05) is 13.0 Å². The fourth-order valence-electron chi connectivity index (χ4n) is 4.65. The molecule has 0 spiro atoms. The summed E-state index contributed by atoms with van der Waals surface area (Å²) in [5.74, 6) is 1.19. The van der Waals surface area contributed by atoms with Gasteiger partial charge < -0.3 is 9.80 Å². The molecule has 5 nitrogen and oxygen atoms in total. The summed E-state index contributed by atoms with van der Waals surface area (Å²) in [7, 11) is 0. The summed E-state index contributed by atoms with van der Waals surface area (Å²) in [4.78, 5) is 11.0. The highest BCUT2D eigenvalue weighted by Crippen LogP contribution is 2.23. The number of benzene rings is 1. The largest absolute Gasteiger partial charge is 0.335 e. The number of fused-ring (bicyclic) bond motifs is 3. The lowest BCUT2D eigenvalue weighted by Crippen LogP contribution is -3.16. The first-order chi connectivity index (χ1) is 12.8. The number of imidazole rings is 1. The van der Waals surface area contributed by atoms with Crippen LogP contribution in [0.25, 0.3) is 11.0 Å². The molecule has 2 aromatic rings. The number of likely N-dealkylation sites (tertiary alicyclic amines) is 1. The standard InChI is InChI=1S/C21H33N5/c1-2-3-16-25-17-24(15-9-14-23-12-7-4-8-13-23)18-26-20-11-6-5-10-19(20)22-21(25)26/h5-6,10-11H,2-4,7-9,12-18H2,1H3/p+2. The molecule has 3 heterocycles. The highest BCUT2D eigenvalue weighted by atomic mass is 15.5. The SMILES string of the molecule is CCCCN1C[NH+](CCC[NH+]2CCCCC2)Cn2c1nc1ccccc12. The Kier molecular flexibility index (Phi) is 5.75. The van der Waals surface area contributed by atoms with E-state index in [9.17, 15) is 0 Å². The van der Waals surface area contributed by atoms with Crippen LogP contribution in [0.2, 0.25) is 0 Å². The zero-order chi connectivity index (χ0) is 17.8. The molecular formula is C21H35N5+2. The van der Waals surface area contributed by atoms with Crippen molar-refractivity contribution in [2.75, 3.05) is 44.3 Å². The van der Waals surface area contributed by atoms with E-state index in [1.54, 1.807) is 4.90 Å². The van der Waals surface area contributed by atoms with E-state index in [1.165, 1.54) is 76.2 Å². The van der Waals surface area contributed by atoms with Gasteiger partial charge in [-0.05, 0) is 37.8 Å². The number of para-hydroxylation sites is 2. The lowest BCUT2D eigenvalue weighted by atomic mass is 10.1. The Morgan fingerprint density at radius 1 is 0.962 bits per heavy atom. The van der Waals surface area contributed by atoms with E-state index < -0.39 is 0 Å². The number of quaternary nitrogens is 2. The van der Waals surface area contributed by atoms with Crippen molar-refractivity contribution in [3.05, 3.63) is 24.3 Å². The third kappa shape index (κ3) is 3.89. The van der Waals surface area contributed by atoms with Crippen LogP contribution >= 0.6 is 0 Å². The quantitative estimate of drug-likeness (QED) is 0.772. The predicted octanol–water partition coefficient (Wildman–Crippen LogP) is 0.915. The topological polar surface area (TPSA) is 29.9 Å². The second-order valence-electron chi connectivity index (χ2n) is 8.18. The third-order valence-corrected chi connectivity index (χ3v) is 6.12. The molecule has 5 heteroatoms. The van der Waals surface area contributed by atoms with Gasteiger partial charge in [-0.15, -0.1) is 0 Å². The van der Waals surface area contributed by atoms with E-state index in [0.29, 0.717) is 0 Å². The highest BCUT2D eigenvalue weighted by Gasteiger charge is 2.28. The summed E-state index contributed by atoms with van der Waals surface area (Å²) < 4.78 is 2.46. The summed E-state index contributed by atoms with van der Waals surface area (Å²) in [6, 6.07) is 8.62. The van der Waals surface area contributed by atoms with Gasteiger partial charge in [-0.3, -0.25) is 9.47 Å². The number of aromatic nitrogens is 2. The summed E-state index contributed by atoms with van der Waals surface area (Å²) in [6.07, 6.45) is 8.14. The van der Waals surface area contributed by atoms with Gasteiger partial charge in [-0.2, -0.15) is 0 Å². The van der Waals surface area contributed by atoms with Crippen molar-refractivity contribution in [1.29, 1.82) is 0 Å². The molecule has 4 rings (SSSR count). The van der Waals surface area contributed by atoms with Crippen molar-refractivity contribution in [3.63, 3.8) is 0 Å². The fourth-order valence-corrected chi connectivity index (χ4v) is 4.65. The van der Waals surface area contributed by atoms with Crippen molar-refractivity contribution < 1.29 is 9.80 Å². The molecule has 2 N–H and O–H groups in total. The molecule has 1 atom stereocenters. The van der Waals surface area contributed by atoms with Crippen LogP contribution in [0.5, 0.6) is 0 Å². The van der Waals surface area contributed by atoms with Crippen LogP contribution in [0.3, 0.4) is 0 Å². The average molecular weight is 358 g/mol. The monoisotopic (exact) mass is 357 g/mol. The predicted molar refractivity (Wildman–Crippen MR) is 107 cm³/mol. The van der Waals surface area contributed by atoms with Crippen molar-refractivity contribution in [3.8, 4) is 0 Å². The number of hydrogen-bond acceptors (Lipinski definition) is 2. The zero-order valence-corrected chi connectivity index (χ0v) is 16.3. The molecule has 0 aliphatic carbocycles. The van der Waals surface area contributed by atoms with Crippen LogP contribution in [0.1, 0.15) is 45.4 Å². The number of piperidine rings is 1. The minimum Gasteiger partial charge on any atom is -0.335 e. The van der Waals surface area contributed by atoms with Crippen molar-refractivity contribution in [1.82, 2.24) is 9.55 Å². The molecule has 1 unspecified atom stereocenters. The Morgan fingerprint density at radius 3 is 2.62 bits per heavy atom. The normalized spacial score (nSPS) is 21.3. The van der Waals surface area contributed by atoms with Gasteiger partial charge in [0.1, 0.15) is 0 Å². The summed E-state index contributed by atoms with van der Waals surface area (Å²) in [5, 5.41) is 0. The van der Waals surface area contributed by atoms with Gasteiger partial charge in [-0.1, -0.05) is 25.5 Å². The molecule has 1 fully saturated rings. The zero-order valence-electron chi connectivity index (χ0n) is 16.3. The Labute approximate surface area is 157 Å². The van der Waals surface area contributed by atoms with Gasteiger partial charge in [0.25, 0.3) is 0 Å². The first-order valence-electron chi connectivity index (χ1n) is 10.7. The molecule has 26 heavy (non-hydrogen) atoms. The molecule has 1 aromatic carbocycles. The third-order valence-electron chi connectivity index (χ3n) is 6.12. The first-order valence-corrected chi connectivity index (χ1v) is 10.7. The van der Waals surface area contributed by atoms with Crippen LogP contribution in [-0.4, -0.2) is 48.9 Å². The van der Waals surface area contributed by atoms with Crippen LogP contribution in [0.4, 0.5) is 5.95 Å². The lowest BCUT2D eigenvalue weighted by molar-refractivity contribution is -0.936. The van der Waals surface area contributed by atoms with Crippen LogP contribution in [-0.2, 0) is 6.67 Å². The number of hydrogen-bond donors (Lipinski definition) is 2. The van der Waals surface area contributed by atoms with Gasteiger partial charge >= 0.3 is 0 Å². The Hall–Kier alpha value is -1.59. The highest BCUT2D eigenvalue weighted by molar-refractivity contribution is 5.78. The van der Waals surface area contributed by atoms with Crippen LogP contribution < -0.4 is 14.7 Å². The Balaban J connectivity index is 1.44. The molecule has 0 radical (unpaired) electrons. The summed E-state index contributed by atoms with van der Waals surface area (Å²) >= 11 is 0. The molecule has 142 valence electrons. The summed E-state index contributed by atoms with van der Waals surface area (Å²) in [5.41, 5.74) is 2.44.